The Morgan fingerprint density at radius 1 is 1.43 bits per heavy atom. The zero-order valence-electron chi connectivity index (χ0n) is 13.7. The van der Waals surface area contributed by atoms with E-state index in [1.807, 2.05) is 13.1 Å². The molecule has 1 aromatic carbocycles. The van der Waals surface area contributed by atoms with Gasteiger partial charge in [-0.25, -0.2) is 9.48 Å². The molecular weight excluding hydrogens is 294 g/mol. The third-order valence-electron chi connectivity index (χ3n) is 5.30. The lowest BCUT2D eigenvalue weighted by Gasteiger charge is -2.58. The smallest absolute Gasteiger partial charge is 0.338 e. The standard InChI is InChI=1S/C17H21N3O3/c1-17(2)14-11(5-4-8-22-14)15(17)23-16(21)10-6-7-13-12(9-10)18-19-20(13)3/h6-7,9,11,14-15H,4-5,8H2,1-3H3. The van der Waals surface area contributed by atoms with Gasteiger partial charge in [0.25, 0.3) is 0 Å². The molecule has 0 N–H and O–H groups in total. The number of hydrogen-bond donors (Lipinski definition) is 0. The van der Waals surface area contributed by atoms with E-state index in [9.17, 15) is 4.79 Å². The maximum absolute atomic E-state index is 12.5. The van der Waals surface area contributed by atoms with Gasteiger partial charge in [-0.05, 0) is 31.0 Å². The van der Waals surface area contributed by atoms with Crippen LogP contribution in [0.15, 0.2) is 18.2 Å². The molecule has 0 amide bonds. The van der Waals surface area contributed by atoms with Gasteiger partial charge in [-0.15, -0.1) is 5.10 Å². The average molecular weight is 315 g/mol. The van der Waals surface area contributed by atoms with Crippen molar-refractivity contribution in [3.8, 4) is 0 Å². The summed E-state index contributed by atoms with van der Waals surface area (Å²) in [6, 6.07) is 5.37. The molecule has 0 bridgehead atoms. The highest BCUT2D eigenvalue weighted by atomic mass is 16.6. The molecule has 2 fully saturated rings. The number of aromatic nitrogens is 3. The number of esters is 1. The molecular formula is C17H21N3O3. The maximum Gasteiger partial charge on any atom is 0.338 e. The molecule has 0 radical (unpaired) electrons. The number of ether oxygens (including phenoxy) is 2. The molecule has 1 aromatic heterocycles. The van der Waals surface area contributed by atoms with Crippen LogP contribution in [0.3, 0.4) is 0 Å². The van der Waals surface area contributed by atoms with Gasteiger partial charge < -0.3 is 9.47 Å². The lowest BCUT2D eigenvalue weighted by molar-refractivity contribution is -0.243. The highest BCUT2D eigenvalue weighted by Crippen LogP contribution is 2.53. The van der Waals surface area contributed by atoms with Crippen LogP contribution in [-0.2, 0) is 16.5 Å². The summed E-state index contributed by atoms with van der Waals surface area (Å²) >= 11 is 0. The monoisotopic (exact) mass is 315 g/mol. The second kappa shape index (κ2) is 5.03. The van der Waals surface area contributed by atoms with Crippen LogP contribution in [0.1, 0.15) is 37.0 Å². The van der Waals surface area contributed by atoms with Crippen molar-refractivity contribution in [3.63, 3.8) is 0 Å². The maximum atomic E-state index is 12.5. The second-order valence-corrected chi connectivity index (χ2v) is 7.16. The molecule has 1 saturated heterocycles. The molecule has 2 heterocycles. The van der Waals surface area contributed by atoms with Gasteiger partial charge in [0.2, 0.25) is 0 Å². The topological polar surface area (TPSA) is 66.2 Å². The fourth-order valence-electron chi connectivity index (χ4n) is 4.07. The molecule has 1 aliphatic carbocycles. The van der Waals surface area contributed by atoms with E-state index in [0.717, 1.165) is 25.0 Å². The zero-order chi connectivity index (χ0) is 16.2. The number of hydrogen-bond acceptors (Lipinski definition) is 5. The molecule has 4 rings (SSSR count). The minimum Gasteiger partial charge on any atom is -0.458 e. The first-order chi connectivity index (χ1) is 11.0. The summed E-state index contributed by atoms with van der Waals surface area (Å²) in [6.07, 6.45) is 2.22. The molecule has 2 aromatic rings. The van der Waals surface area contributed by atoms with Crippen LogP contribution < -0.4 is 0 Å². The number of nitrogens with zero attached hydrogens (tertiary/aromatic N) is 3. The zero-order valence-corrected chi connectivity index (χ0v) is 13.7. The molecule has 6 nitrogen and oxygen atoms in total. The Labute approximate surface area is 134 Å². The minimum absolute atomic E-state index is 0.0853. The van der Waals surface area contributed by atoms with Crippen LogP contribution in [0.4, 0.5) is 0 Å². The Hall–Kier alpha value is -1.95. The molecule has 3 unspecified atom stereocenters. The first kappa shape index (κ1) is 14.6. The summed E-state index contributed by atoms with van der Waals surface area (Å²) in [7, 11) is 1.83. The van der Waals surface area contributed by atoms with E-state index < -0.39 is 0 Å². The van der Waals surface area contributed by atoms with Gasteiger partial charge in [-0.3, -0.25) is 0 Å². The Morgan fingerprint density at radius 3 is 3.09 bits per heavy atom. The van der Waals surface area contributed by atoms with Gasteiger partial charge in [-0.2, -0.15) is 0 Å². The van der Waals surface area contributed by atoms with E-state index in [1.54, 1.807) is 16.8 Å². The average Bonchev–Trinajstić information content (AvgIpc) is 2.93. The fraction of sp³-hybridized carbons (Fsp3) is 0.588. The third kappa shape index (κ3) is 2.16. The number of rotatable bonds is 2. The lowest BCUT2D eigenvalue weighted by Crippen LogP contribution is -2.65. The molecule has 0 spiro atoms. The summed E-state index contributed by atoms with van der Waals surface area (Å²) in [4.78, 5) is 12.5. The highest BCUT2D eigenvalue weighted by Gasteiger charge is 2.60. The van der Waals surface area contributed by atoms with Crippen molar-refractivity contribution >= 4 is 17.0 Å². The van der Waals surface area contributed by atoms with E-state index in [-0.39, 0.29) is 23.6 Å². The van der Waals surface area contributed by atoms with Crippen molar-refractivity contribution in [2.45, 2.75) is 38.9 Å². The van der Waals surface area contributed by atoms with Crippen LogP contribution in [0.2, 0.25) is 0 Å². The van der Waals surface area contributed by atoms with Crippen LogP contribution in [0, 0.1) is 11.3 Å². The normalized spacial score (nSPS) is 28.9. The first-order valence-corrected chi connectivity index (χ1v) is 8.10. The largest absolute Gasteiger partial charge is 0.458 e. The number of fused-ring (bicyclic) bond motifs is 2. The molecule has 6 heteroatoms. The quantitative estimate of drug-likeness (QED) is 0.796. The van der Waals surface area contributed by atoms with Crippen molar-refractivity contribution < 1.29 is 14.3 Å². The first-order valence-electron chi connectivity index (χ1n) is 8.10. The Morgan fingerprint density at radius 2 is 2.26 bits per heavy atom. The van der Waals surface area contributed by atoms with Gasteiger partial charge in [-0.1, -0.05) is 19.1 Å². The molecule has 122 valence electrons. The van der Waals surface area contributed by atoms with Crippen molar-refractivity contribution in [1.29, 1.82) is 0 Å². The summed E-state index contributed by atoms with van der Waals surface area (Å²) in [5.74, 6) is 0.0302. The van der Waals surface area contributed by atoms with Crippen LogP contribution in [0.5, 0.6) is 0 Å². The Balaban J connectivity index is 1.54. The Bertz CT molecular complexity index is 768. The predicted molar refractivity (Wildman–Crippen MR) is 84.0 cm³/mol. The number of aryl methyl sites for hydroxylation is 1. The molecule has 2 aliphatic rings. The van der Waals surface area contributed by atoms with E-state index in [4.69, 9.17) is 9.47 Å². The molecule has 23 heavy (non-hydrogen) atoms. The van der Waals surface area contributed by atoms with Gasteiger partial charge in [0.1, 0.15) is 11.6 Å². The van der Waals surface area contributed by atoms with E-state index >= 15 is 0 Å². The van der Waals surface area contributed by atoms with Crippen molar-refractivity contribution in [3.05, 3.63) is 23.8 Å². The second-order valence-electron chi connectivity index (χ2n) is 7.16. The summed E-state index contributed by atoms with van der Waals surface area (Å²) in [5.41, 5.74) is 1.99. The molecule has 3 atom stereocenters. The highest BCUT2D eigenvalue weighted by molar-refractivity contribution is 5.93. The summed E-state index contributed by atoms with van der Waals surface area (Å²) in [6.45, 7) is 5.04. The van der Waals surface area contributed by atoms with Crippen LogP contribution in [0.25, 0.3) is 11.0 Å². The van der Waals surface area contributed by atoms with E-state index in [0.29, 0.717) is 17.0 Å². The van der Waals surface area contributed by atoms with Gasteiger partial charge >= 0.3 is 5.97 Å². The number of carbonyl (C=O) groups excluding carboxylic acids is 1. The molecule has 1 saturated carbocycles. The van der Waals surface area contributed by atoms with E-state index in [2.05, 4.69) is 24.2 Å². The van der Waals surface area contributed by atoms with E-state index in [1.165, 1.54) is 0 Å². The van der Waals surface area contributed by atoms with Crippen molar-refractivity contribution in [2.24, 2.45) is 18.4 Å². The predicted octanol–water partition coefficient (Wildman–Crippen LogP) is 2.33. The summed E-state index contributed by atoms with van der Waals surface area (Å²) in [5, 5.41) is 8.01. The van der Waals surface area contributed by atoms with Gasteiger partial charge in [0.05, 0.1) is 17.2 Å². The summed E-state index contributed by atoms with van der Waals surface area (Å²) < 4.78 is 13.4. The Kier molecular flexibility index (Phi) is 3.20. The SMILES string of the molecule is Cn1nnc2cc(C(=O)OC3C4CCCOC4C3(C)C)ccc21. The van der Waals surface area contributed by atoms with Crippen LogP contribution >= 0.6 is 0 Å². The van der Waals surface area contributed by atoms with Crippen LogP contribution in [-0.4, -0.2) is 39.8 Å². The van der Waals surface area contributed by atoms with Gasteiger partial charge in [0, 0.05) is 25.0 Å². The fourth-order valence-corrected chi connectivity index (χ4v) is 4.07. The lowest BCUT2D eigenvalue weighted by atomic mass is 9.57. The number of carbonyl (C=O) groups is 1. The number of benzene rings is 1. The third-order valence-corrected chi connectivity index (χ3v) is 5.30. The molecule has 1 aliphatic heterocycles. The van der Waals surface area contributed by atoms with Gasteiger partial charge in [0.15, 0.2) is 0 Å². The van der Waals surface area contributed by atoms with Crippen molar-refractivity contribution in [1.82, 2.24) is 15.0 Å². The minimum atomic E-state index is -0.292. The van der Waals surface area contributed by atoms with Crippen molar-refractivity contribution in [2.75, 3.05) is 6.61 Å².